The standard InChI is InChI=1S/C20H20N4O3S/c1-2-22(12-15-6-4-10-27-15)18(25)14-23-17-8-3-9-21-19(17)24(20(23)26)13-16-7-5-11-28-16/h3-11H,2,12-14H2,1H3. The minimum atomic E-state index is -0.232. The van der Waals surface area contributed by atoms with Crippen molar-refractivity contribution in [3.05, 3.63) is 75.4 Å². The van der Waals surface area contributed by atoms with Gasteiger partial charge >= 0.3 is 5.69 Å². The Morgan fingerprint density at radius 1 is 1.21 bits per heavy atom. The minimum Gasteiger partial charge on any atom is -0.467 e. The Kier molecular flexibility index (Phi) is 5.12. The first-order chi connectivity index (χ1) is 13.7. The number of pyridine rings is 1. The average Bonchev–Trinajstić information content (AvgIpc) is 3.45. The first-order valence-corrected chi connectivity index (χ1v) is 9.92. The topological polar surface area (TPSA) is 73.3 Å². The van der Waals surface area contributed by atoms with E-state index in [-0.39, 0.29) is 18.1 Å². The van der Waals surface area contributed by atoms with Crippen molar-refractivity contribution in [2.45, 2.75) is 26.6 Å². The van der Waals surface area contributed by atoms with Gasteiger partial charge in [-0.05, 0) is 42.6 Å². The number of thiophene rings is 1. The molecular formula is C20H20N4O3S. The molecule has 7 nitrogen and oxygen atoms in total. The summed E-state index contributed by atoms with van der Waals surface area (Å²) in [6.45, 7) is 3.22. The highest BCUT2D eigenvalue weighted by Crippen LogP contribution is 2.15. The number of hydrogen-bond acceptors (Lipinski definition) is 5. The Balaban J connectivity index is 1.65. The second-order valence-corrected chi connectivity index (χ2v) is 7.40. The van der Waals surface area contributed by atoms with E-state index in [4.69, 9.17) is 4.42 Å². The second kappa shape index (κ2) is 7.85. The molecule has 0 aromatic carbocycles. The van der Waals surface area contributed by atoms with E-state index < -0.39 is 0 Å². The van der Waals surface area contributed by atoms with Crippen LogP contribution in [0, 0.1) is 0 Å². The van der Waals surface area contributed by atoms with Crippen molar-refractivity contribution in [1.82, 2.24) is 19.0 Å². The van der Waals surface area contributed by atoms with Crippen LogP contribution in [0.1, 0.15) is 17.6 Å². The lowest BCUT2D eigenvalue weighted by molar-refractivity contribution is -0.132. The maximum Gasteiger partial charge on any atom is 0.331 e. The molecule has 4 aromatic rings. The van der Waals surface area contributed by atoms with E-state index in [2.05, 4.69) is 4.98 Å². The fourth-order valence-electron chi connectivity index (χ4n) is 3.20. The molecule has 28 heavy (non-hydrogen) atoms. The molecule has 4 aromatic heterocycles. The second-order valence-electron chi connectivity index (χ2n) is 6.37. The van der Waals surface area contributed by atoms with Gasteiger partial charge in [-0.25, -0.2) is 9.78 Å². The van der Waals surface area contributed by atoms with Crippen molar-refractivity contribution in [2.24, 2.45) is 0 Å². The Labute approximate surface area is 165 Å². The van der Waals surface area contributed by atoms with Gasteiger partial charge in [0.2, 0.25) is 5.91 Å². The molecule has 0 saturated heterocycles. The molecule has 0 aliphatic carbocycles. The van der Waals surface area contributed by atoms with E-state index in [1.807, 2.05) is 36.6 Å². The zero-order valence-corrected chi connectivity index (χ0v) is 16.3. The van der Waals surface area contributed by atoms with Gasteiger partial charge in [-0.15, -0.1) is 11.3 Å². The molecule has 0 N–H and O–H groups in total. The maximum absolute atomic E-state index is 13.1. The molecule has 0 fully saturated rings. The summed E-state index contributed by atoms with van der Waals surface area (Å²) in [5.41, 5.74) is 1.01. The Hall–Kier alpha value is -3.13. The molecular weight excluding hydrogens is 376 g/mol. The zero-order valence-electron chi connectivity index (χ0n) is 15.4. The third-order valence-corrected chi connectivity index (χ3v) is 5.48. The van der Waals surface area contributed by atoms with Crippen molar-refractivity contribution in [3.8, 4) is 0 Å². The molecule has 0 radical (unpaired) electrons. The molecule has 1 amide bonds. The van der Waals surface area contributed by atoms with Gasteiger partial charge in [0.1, 0.15) is 12.3 Å². The van der Waals surface area contributed by atoms with Gasteiger partial charge in [0.05, 0.1) is 24.9 Å². The molecule has 0 aliphatic heterocycles. The number of hydrogen-bond donors (Lipinski definition) is 0. The molecule has 0 bridgehead atoms. The summed E-state index contributed by atoms with van der Waals surface area (Å²) in [6.07, 6.45) is 3.25. The number of rotatable bonds is 7. The fraction of sp³-hybridized carbons (Fsp3) is 0.250. The number of carbonyl (C=O) groups is 1. The highest BCUT2D eigenvalue weighted by molar-refractivity contribution is 7.09. The van der Waals surface area contributed by atoms with Gasteiger partial charge in [-0.2, -0.15) is 0 Å². The smallest absolute Gasteiger partial charge is 0.331 e. The van der Waals surface area contributed by atoms with Crippen LogP contribution >= 0.6 is 11.3 Å². The van der Waals surface area contributed by atoms with Crippen molar-refractivity contribution in [2.75, 3.05) is 6.54 Å². The van der Waals surface area contributed by atoms with Crippen LogP contribution in [0.3, 0.4) is 0 Å². The van der Waals surface area contributed by atoms with Gasteiger partial charge in [0, 0.05) is 17.6 Å². The van der Waals surface area contributed by atoms with Crippen molar-refractivity contribution >= 4 is 28.4 Å². The van der Waals surface area contributed by atoms with E-state index in [0.29, 0.717) is 36.6 Å². The Bertz CT molecular complexity index is 1130. The van der Waals surface area contributed by atoms with Gasteiger partial charge in [0.15, 0.2) is 5.65 Å². The quantitative estimate of drug-likeness (QED) is 0.481. The van der Waals surface area contributed by atoms with Crippen LogP contribution < -0.4 is 5.69 Å². The summed E-state index contributed by atoms with van der Waals surface area (Å²) < 4.78 is 8.47. The van der Waals surface area contributed by atoms with Crippen molar-refractivity contribution in [3.63, 3.8) is 0 Å². The lowest BCUT2D eigenvalue weighted by atomic mass is 10.3. The minimum absolute atomic E-state index is 0.0347. The summed E-state index contributed by atoms with van der Waals surface area (Å²) >= 11 is 1.59. The molecule has 0 spiro atoms. The molecule has 0 saturated carbocycles. The normalized spacial score (nSPS) is 11.2. The molecule has 0 aliphatic rings. The molecule has 4 rings (SSSR count). The summed E-state index contributed by atoms with van der Waals surface area (Å²) in [7, 11) is 0. The van der Waals surface area contributed by atoms with Crippen LogP contribution in [0.25, 0.3) is 11.2 Å². The van der Waals surface area contributed by atoms with E-state index in [0.717, 1.165) is 4.88 Å². The van der Waals surface area contributed by atoms with Gasteiger partial charge < -0.3 is 9.32 Å². The van der Waals surface area contributed by atoms with Gasteiger partial charge in [-0.3, -0.25) is 13.9 Å². The summed E-state index contributed by atoms with van der Waals surface area (Å²) in [6, 6.07) is 11.2. The molecule has 0 atom stereocenters. The van der Waals surface area contributed by atoms with Crippen LogP contribution in [0.5, 0.6) is 0 Å². The molecule has 8 heteroatoms. The summed E-state index contributed by atoms with van der Waals surface area (Å²) in [4.78, 5) is 33.1. The number of likely N-dealkylation sites (N-methyl/N-ethyl adjacent to an activating group) is 1. The number of furan rings is 1. The first-order valence-electron chi connectivity index (χ1n) is 9.04. The predicted octanol–water partition coefficient (Wildman–Crippen LogP) is 2.95. The number of imidazole rings is 1. The number of fused-ring (bicyclic) bond motifs is 1. The van der Waals surface area contributed by atoms with Crippen molar-refractivity contribution < 1.29 is 9.21 Å². The predicted molar refractivity (Wildman–Crippen MR) is 107 cm³/mol. The largest absolute Gasteiger partial charge is 0.467 e. The summed E-state index contributed by atoms with van der Waals surface area (Å²) in [5, 5.41) is 1.98. The van der Waals surface area contributed by atoms with Crippen LogP contribution in [0.2, 0.25) is 0 Å². The highest BCUT2D eigenvalue weighted by atomic mass is 32.1. The van der Waals surface area contributed by atoms with Gasteiger partial charge in [-0.1, -0.05) is 6.07 Å². The van der Waals surface area contributed by atoms with Crippen LogP contribution in [0.15, 0.2) is 63.4 Å². The molecule has 0 unspecified atom stereocenters. The van der Waals surface area contributed by atoms with Gasteiger partial charge in [0.25, 0.3) is 0 Å². The van der Waals surface area contributed by atoms with E-state index in [9.17, 15) is 9.59 Å². The van der Waals surface area contributed by atoms with Crippen LogP contribution in [0.4, 0.5) is 0 Å². The lowest BCUT2D eigenvalue weighted by Crippen LogP contribution is -2.36. The third-order valence-electron chi connectivity index (χ3n) is 4.62. The lowest BCUT2D eigenvalue weighted by Gasteiger charge is -2.19. The number of aromatic nitrogens is 3. The van der Waals surface area contributed by atoms with E-state index in [1.165, 1.54) is 4.57 Å². The highest BCUT2D eigenvalue weighted by Gasteiger charge is 2.20. The average molecular weight is 396 g/mol. The molecule has 144 valence electrons. The summed E-state index contributed by atoms with van der Waals surface area (Å²) in [5.74, 6) is 0.573. The number of carbonyl (C=O) groups excluding carboxylic acids is 1. The van der Waals surface area contributed by atoms with Crippen molar-refractivity contribution in [1.29, 1.82) is 0 Å². The SMILES string of the molecule is CCN(Cc1ccco1)C(=O)Cn1c(=O)n(Cc2cccs2)c2ncccc21. The Morgan fingerprint density at radius 2 is 2.11 bits per heavy atom. The maximum atomic E-state index is 13.1. The van der Waals surface area contributed by atoms with E-state index in [1.54, 1.807) is 45.4 Å². The van der Waals surface area contributed by atoms with E-state index >= 15 is 0 Å². The third kappa shape index (κ3) is 3.50. The first kappa shape index (κ1) is 18.2. The monoisotopic (exact) mass is 396 g/mol. The zero-order chi connectivity index (χ0) is 19.5. The number of amides is 1. The fourth-order valence-corrected chi connectivity index (χ4v) is 3.90. The van der Waals surface area contributed by atoms with Crippen LogP contribution in [-0.2, 0) is 24.4 Å². The Morgan fingerprint density at radius 3 is 2.82 bits per heavy atom. The van der Waals surface area contributed by atoms with Crippen LogP contribution in [-0.4, -0.2) is 31.5 Å². The number of nitrogens with zero attached hydrogens (tertiary/aromatic N) is 4. The molecule has 4 heterocycles.